The van der Waals surface area contributed by atoms with Gasteiger partial charge >= 0.3 is 0 Å². The summed E-state index contributed by atoms with van der Waals surface area (Å²) in [6, 6.07) is 5.51. The number of nitrogens with one attached hydrogen (secondary N) is 1. The third kappa shape index (κ3) is 2.53. The van der Waals surface area contributed by atoms with E-state index >= 15 is 0 Å². The zero-order valence-electron chi connectivity index (χ0n) is 9.58. The monoisotopic (exact) mass is 311 g/mol. The van der Waals surface area contributed by atoms with Gasteiger partial charge < -0.3 is 15.6 Å². The van der Waals surface area contributed by atoms with Crippen LogP contribution in [0.4, 0.5) is 15.8 Å². The van der Waals surface area contributed by atoms with Crippen molar-refractivity contribution in [1.82, 2.24) is 4.57 Å². The van der Waals surface area contributed by atoms with E-state index in [1.54, 1.807) is 23.9 Å². The number of carbonyl (C=O) groups excluding carboxylic acids is 1. The first-order chi connectivity index (χ1) is 8.47. The number of halogens is 2. The van der Waals surface area contributed by atoms with E-state index in [-0.39, 0.29) is 11.6 Å². The van der Waals surface area contributed by atoms with Gasteiger partial charge in [0.15, 0.2) is 0 Å². The van der Waals surface area contributed by atoms with Crippen LogP contribution in [0.2, 0.25) is 0 Å². The number of hydrogen-bond acceptors (Lipinski definition) is 2. The summed E-state index contributed by atoms with van der Waals surface area (Å²) in [5.41, 5.74) is 6.69. The summed E-state index contributed by atoms with van der Waals surface area (Å²) in [6.07, 6.45) is 1.75. The molecule has 1 amide bonds. The lowest BCUT2D eigenvalue weighted by atomic mass is 10.2. The van der Waals surface area contributed by atoms with E-state index < -0.39 is 5.82 Å². The standard InChI is InChI=1S/C12H11BrFN3O/c1-17-6-7(13)4-11(17)12(18)16-10-5-8(14)2-3-9(10)15/h2-6H,15H2,1H3,(H,16,18). The SMILES string of the molecule is Cn1cc(Br)cc1C(=O)Nc1cc(F)ccc1N. The lowest BCUT2D eigenvalue weighted by Crippen LogP contribution is -2.16. The zero-order chi connectivity index (χ0) is 13.3. The molecule has 6 heteroatoms. The molecule has 0 fully saturated rings. The third-order valence-corrected chi connectivity index (χ3v) is 2.90. The van der Waals surface area contributed by atoms with E-state index in [1.165, 1.54) is 18.2 Å². The first-order valence-corrected chi connectivity index (χ1v) is 5.95. The van der Waals surface area contributed by atoms with Gasteiger partial charge in [0.1, 0.15) is 11.5 Å². The smallest absolute Gasteiger partial charge is 0.272 e. The number of aryl methyl sites for hydroxylation is 1. The number of nitrogen functional groups attached to an aromatic ring is 1. The molecule has 4 nitrogen and oxygen atoms in total. The molecule has 1 aromatic carbocycles. The maximum absolute atomic E-state index is 13.1. The van der Waals surface area contributed by atoms with Crippen LogP contribution in [0.3, 0.4) is 0 Å². The molecule has 3 N–H and O–H groups in total. The molecule has 0 bridgehead atoms. The van der Waals surface area contributed by atoms with Gasteiger partial charge in [-0.15, -0.1) is 0 Å². The van der Waals surface area contributed by atoms with Gasteiger partial charge in [0.25, 0.3) is 5.91 Å². The highest BCUT2D eigenvalue weighted by Gasteiger charge is 2.12. The summed E-state index contributed by atoms with van der Waals surface area (Å²) < 4.78 is 15.5. The van der Waals surface area contributed by atoms with E-state index in [1.807, 2.05) is 0 Å². The highest BCUT2D eigenvalue weighted by molar-refractivity contribution is 9.10. The number of aromatic nitrogens is 1. The lowest BCUT2D eigenvalue weighted by molar-refractivity contribution is 0.101. The minimum Gasteiger partial charge on any atom is -0.397 e. The predicted molar refractivity (Wildman–Crippen MR) is 71.9 cm³/mol. The second-order valence-electron chi connectivity index (χ2n) is 3.84. The van der Waals surface area contributed by atoms with Crippen LogP contribution in [0.1, 0.15) is 10.5 Å². The molecule has 0 saturated carbocycles. The molecule has 2 rings (SSSR count). The number of anilines is 2. The van der Waals surface area contributed by atoms with Crippen LogP contribution in [0.15, 0.2) is 34.9 Å². The lowest BCUT2D eigenvalue weighted by Gasteiger charge is -2.08. The van der Waals surface area contributed by atoms with Crippen molar-refractivity contribution in [2.24, 2.45) is 7.05 Å². The van der Waals surface area contributed by atoms with Gasteiger partial charge in [0.2, 0.25) is 0 Å². The fourth-order valence-corrected chi connectivity index (χ4v) is 2.10. The van der Waals surface area contributed by atoms with Gasteiger partial charge in [-0.25, -0.2) is 4.39 Å². The number of hydrogen-bond donors (Lipinski definition) is 2. The Labute approximate surface area is 112 Å². The Morgan fingerprint density at radius 2 is 2.17 bits per heavy atom. The fourth-order valence-electron chi connectivity index (χ4n) is 1.57. The van der Waals surface area contributed by atoms with Crippen molar-refractivity contribution in [2.45, 2.75) is 0 Å². The number of nitrogens with two attached hydrogens (primary N) is 1. The molecule has 0 aliphatic carbocycles. The molecule has 18 heavy (non-hydrogen) atoms. The Morgan fingerprint density at radius 3 is 2.78 bits per heavy atom. The molecule has 0 aliphatic heterocycles. The quantitative estimate of drug-likeness (QED) is 0.838. The maximum atomic E-state index is 13.1. The first-order valence-electron chi connectivity index (χ1n) is 5.15. The van der Waals surface area contributed by atoms with Gasteiger partial charge in [-0.2, -0.15) is 0 Å². The minimum atomic E-state index is -0.451. The second kappa shape index (κ2) is 4.81. The summed E-state index contributed by atoms with van der Waals surface area (Å²) in [6.45, 7) is 0. The predicted octanol–water partition coefficient (Wildman–Crippen LogP) is 2.76. The number of carbonyl (C=O) groups is 1. The Kier molecular flexibility index (Phi) is 3.38. The van der Waals surface area contributed by atoms with Gasteiger partial charge in [-0.1, -0.05) is 0 Å². The van der Waals surface area contributed by atoms with Gasteiger partial charge in [0, 0.05) is 17.7 Å². The van der Waals surface area contributed by atoms with Crippen molar-refractivity contribution in [1.29, 1.82) is 0 Å². The van der Waals surface area contributed by atoms with Crippen LogP contribution in [0.25, 0.3) is 0 Å². The summed E-state index contributed by atoms with van der Waals surface area (Å²) >= 11 is 3.28. The van der Waals surface area contributed by atoms with Crippen LogP contribution in [0.5, 0.6) is 0 Å². The minimum absolute atomic E-state index is 0.261. The fraction of sp³-hybridized carbons (Fsp3) is 0.0833. The van der Waals surface area contributed by atoms with Crippen molar-refractivity contribution < 1.29 is 9.18 Å². The molecular formula is C12H11BrFN3O. The van der Waals surface area contributed by atoms with Crippen LogP contribution >= 0.6 is 15.9 Å². The second-order valence-corrected chi connectivity index (χ2v) is 4.76. The van der Waals surface area contributed by atoms with Crippen molar-refractivity contribution in [3.63, 3.8) is 0 Å². The topological polar surface area (TPSA) is 60.0 Å². The number of benzene rings is 1. The van der Waals surface area contributed by atoms with E-state index in [9.17, 15) is 9.18 Å². The van der Waals surface area contributed by atoms with Crippen molar-refractivity contribution >= 4 is 33.2 Å². The molecule has 0 unspecified atom stereocenters. The molecule has 1 aromatic heterocycles. The summed E-state index contributed by atoms with van der Waals surface area (Å²) in [5, 5.41) is 2.58. The van der Waals surface area contributed by atoms with E-state index in [4.69, 9.17) is 5.73 Å². The van der Waals surface area contributed by atoms with Crippen LogP contribution < -0.4 is 11.1 Å². The van der Waals surface area contributed by atoms with Crippen LogP contribution in [-0.4, -0.2) is 10.5 Å². The molecule has 1 heterocycles. The average molecular weight is 312 g/mol. The van der Waals surface area contributed by atoms with E-state index in [0.29, 0.717) is 11.4 Å². The van der Waals surface area contributed by atoms with Crippen LogP contribution in [-0.2, 0) is 7.05 Å². The number of amides is 1. The van der Waals surface area contributed by atoms with Crippen molar-refractivity contribution in [3.8, 4) is 0 Å². The van der Waals surface area contributed by atoms with E-state index in [0.717, 1.165) is 4.47 Å². The molecule has 0 atom stereocenters. The Balaban J connectivity index is 2.26. The molecular weight excluding hydrogens is 301 g/mol. The van der Waals surface area contributed by atoms with E-state index in [2.05, 4.69) is 21.2 Å². The normalized spacial score (nSPS) is 10.4. The number of nitrogens with zero attached hydrogens (tertiary/aromatic N) is 1. The molecule has 0 radical (unpaired) electrons. The van der Waals surface area contributed by atoms with Crippen LogP contribution in [0, 0.1) is 5.82 Å². The third-order valence-electron chi connectivity index (χ3n) is 2.47. The highest BCUT2D eigenvalue weighted by atomic mass is 79.9. The Bertz CT molecular complexity index is 609. The highest BCUT2D eigenvalue weighted by Crippen LogP contribution is 2.21. The first kappa shape index (κ1) is 12.6. The maximum Gasteiger partial charge on any atom is 0.272 e. The van der Waals surface area contributed by atoms with Gasteiger partial charge in [-0.3, -0.25) is 4.79 Å². The zero-order valence-corrected chi connectivity index (χ0v) is 11.2. The Hall–Kier alpha value is -1.82. The summed E-state index contributed by atoms with van der Waals surface area (Å²) in [4.78, 5) is 12.0. The molecule has 94 valence electrons. The summed E-state index contributed by atoms with van der Waals surface area (Å²) in [5.74, 6) is -0.798. The molecule has 2 aromatic rings. The molecule has 0 spiro atoms. The Morgan fingerprint density at radius 1 is 1.44 bits per heavy atom. The van der Waals surface area contributed by atoms with Crippen molar-refractivity contribution in [3.05, 3.63) is 46.4 Å². The van der Waals surface area contributed by atoms with Gasteiger partial charge in [-0.05, 0) is 40.2 Å². The average Bonchev–Trinajstić information content (AvgIpc) is 2.63. The number of rotatable bonds is 2. The summed E-state index contributed by atoms with van der Waals surface area (Å²) in [7, 11) is 1.74. The van der Waals surface area contributed by atoms with Gasteiger partial charge in [0.05, 0.1) is 11.4 Å². The molecule has 0 aliphatic rings. The molecule has 0 saturated heterocycles. The van der Waals surface area contributed by atoms with Crippen molar-refractivity contribution in [2.75, 3.05) is 11.1 Å². The largest absolute Gasteiger partial charge is 0.397 e.